The number of likely N-dealkylation sites (N-methyl/N-ethyl adjacent to an activating group) is 1. The molecule has 10 heteroatoms. The predicted molar refractivity (Wildman–Crippen MR) is 128 cm³/mol. The standard InChI is InChI=1S/C24H30N6O3S/c1-17-23(34(32,33)29-11-12-30-20(16-29)7-9-26-30)13-22(28(17)3)24(31)25-14-18-5-4-6-19-15-27(2)10-8-21(18)19/h4-7,9,13H,8,10-12,14-16H2,1-3H3,(H,25,31). The molecule has 34 heavy (non-hydrogen) atoms. The Morgan fingerprint density at radius 1 is 1.12 bits per heavy atom. The highest BCUT2D eigenvalue weighted by Gasteiger charge is 2.32. The Balaban J connectivity index is 1.35. The molecule has 3 aromatic rings. The Morgan fingerprint density at radius 3 is 2.76 bits per heavy atom. The van der Waals surface area contributed by atoms with Crippen molar-refractivity contribution in [2.24, 2.45) is 7.05 Å². The lowest BCUT2D eigenvalue weighted by Crippen LogP contribution is -2.38. The highest BCUT2D eigenvalue weighted by molar-refractivity contribution is 7.89. The van der Waals surface area contributed by atoms with Crippen molar-refractivity contribution in [3.05, 3.63) is 70.3 Å². The van der Waals surface area contributed by atoms with Crippen molar-refractivity contribution in [3.8, 4) is 0 Å². The van der Waals surface area contributed by atoms with E-state index < -0.39 is 10.0 Å². The zero-order chi connectivity index (χ0) is 24.0. The maximum Gasteiger partial charge on any atom is 0.268 e. The minimum Gasteiger partial charge on any atom is -0.347 e. The monoisotopic (exact) mass is 482 g/mol. The van der Waals surface area contributed by atoms with Crippen LogP contribution >= 0.6 is 0 Å². The minimum absolute atomic E-state index is 0.174. The topological polar surface area (TPSA) is 92.5 Å². The molecular weight excluding hydrogens is 452 g/mol. The number of hydrogen-bond acceptors (Lipinski definition) is 5. The van der Waals surface area contributed by atoms with Crippen LogP contribution in [0.2, 0.25) is 0 Å². The first-order valence-corrected chi connectivity index (χ1v) is 12.9. The second-order valence-electron chi connectivity index (χ2n) is 9.15. The van der Waals surface area contributed by atoms with Crippen LogP contribution in [0.1, 0.15) is 38.6 Å². The maximum atomic E-state index is 13.4. The number of aromatic nitrogens is 3. The number of hydrogen-bond donors (Lipinski definition) is 1. The minimum atomic E-state index is -3.75. The number of nitrogens with one attached hydrogen (secondary N) is 1. The zero-order valence-corrected chi connectivity index (χ0v) is 20.6. The van der Waals surface area contributed by atoms with Crippen molar-refractivity contribution in [2.75, 3.05) is 20.1 Å². The summed E-state index contributed by atoms with van der Waals surface area (Å²) in [6.45, 7) is 5.18. The Morgan fingerprint density at radius 2 is 1.94 bits per heavy atom. The Hall–Kier alpha value is -2.95. The summed E-state index contributed by atoms with van der Waals surface area (Å²) in [6, 6.07) is 9.56. The summed E-state index contributed by atoms with van der Waals surface area (Å²) < 4.78 is 31.8. The van der Waals surface area contributed by atoms with Crippen molar-refractivity contribution in [1.82, 2.24) is 28.9 Å². The smallest absolute Gasteiger partial charge is 0.268 e. The molecule has 2 aliphatic rings. The summed E-state index contributed by atoms with van der Waals surface area (Å²) in [5.74, 6) is -0.283. The van der Waals surface area contributed by atoms with Crippen LogP contribution in [0.4, 0.5) is 0 Å². The van der Waals surface area contributed by atoms with Gasteiger partial charge in [0, 0.05) is 45.1 Å². The summed E-state index contributed by atoms with van der Waals surface area (Å²) in [5, 5.41) is 7.22. The van der Waals surface area contributed by atoms with Gasteiger partial charge in [0.15, 0.2) is 0 Å². The molecule has 0 spiro atoms. The Labute approximate surface area is 200 Å². The first-order valence-electron chi connectivity index (χ1n) is 11.5. The van der Waals surface area contributed by atoms with Crippen LogP contribution in [0, 0.1) is 6.92 Å². The molecule has 0 radical (unpaired) electrons. The number of sulfonamides is 1. The van der Waals surface area contributed by atoms with E-state index in [1.54, 1.807) is 24.7 Å². The van der Waals surface area contributed by atoms with E-state index in [0.717, 1.165) is 30.8 Å². The van der Waals surface area contributed by atoms with Gasteiger partial charge in [0.25, 0.3) is 5.91 Å². The van der Waals surface area contributed by atoms with Crippen molar-refractivity contribution in [1.29, 1.82) is 0 Å². The van der Waals surface area contributed by atoms with E-state index >= 15 is 0 Å². The average molecular weight is 483 g/mol. The van der Waals surface area contributed by atoms with Crippen LogP contribution < -0.4 is 5.32 Å². The fourth-order valence-electron chi connectivity index (χ4n) is 4.92. The van der Waals surface area contributed by atoms with E-state index in [4.69, 9.17) is 0 Å². The van der Waals surface area contributed by atoms with Crippen molar-refractivity contribution in [3.63, 3.8) is 0 Å². The van der Waals surface area contributed by atoms with Gasteiger partial charge < -0.3 is 14.8 Å². The van der Waals surface area contributed by atoms with Crippen LogP contribution in [0.3, 0.4) is 0 Å². The van der Waals surface area contributed by atoms with Gasteiger partial charge in [-0.15, -0.1) is 0 Å². The fourth-order valence-corrected chi connectivity index (χ4v) is 6.59. The Kier molecular flexibility index (Phi) is 5.83. The third kappa shape index (κ3) is 3.95. The lowest BCUT2D eigenvalue weighted by molar-refractivity contribution is 0.0942. The van der Waals surface area contributed by atoms with Gasteiger partial charge in [0.05, 0.1) is 18.8 Å². The predicted octanol–water partition coefficient (Wildman–Crippen LogP) is 1.65. The third-order valence-electron chi connectivity index (χ3n) is 7.04. The quantitative estimate of drug-likeness (QED) is 0.597. The molecule has 0 saturated carbocycles. The fraction of sp³-hybridized carbons (Fsp3) is 0.417. The molecule has 4 heterocycles. The van der Waals surface area contributed by atoms with E-state index in [1.807, 2.05) is 16.8 Å². The van der Waals surface area contributed by atoms with Gasteiger partial charge in [-0.05, 0) is 49.2 Å². The van der Waals surface area contributed by atoms with Crippen LogP contribution in [0.25, 0.3) is 0 Å². The van der Waals surface area contributed by atoms with E-state index in [0.29, 0.717) is 31.0 Å². The van der Waals surface area contributed by atoms with E-state index in [1.165, 1.54) is 21.5 Å². The normalized spacial score (nSPS) is 16.8. The molecule has 0 fully saturated rings. The zero-order valence-electron chi connectivity index (χ0n) is 19.8. The molecule has 5 rings (SSSR count). The van der Waals surface area contributed by atoms with Gasteiger partial charge >= 0.3 is 0 Å². The van der Waals surface area contributed by atoms with Crippen molar-refractivity contribution < 1.29 is 13.2 Å². The molecule has 0 atom stereocenters. The van der Waals surface area contributed by atoms with E-state index in [2.05, 4.69) is 34.5 Å². The van der Waals surface area contributed by atoms with Crippen molar-refractivity contribution >= 4 is 15.9 Å². The molecule has 2 aromatic heterocycles. The average Bonchev–Trinajstić information content (AvgIpc) is 3.41. The van der Waals surface area contributed by atoms with Crippen LogP contribution in [-0.4, -0.2) is 58.0 Å². The van der Waals surface area contributed by atoms with Gasteiger partial charge in [0.2, 0.25) is 10.0 Å². The lowest BCUT2D eigenvalue weighted by atomic mass is 9.94. The molecule has 0 aliphatic carbocycles. The molecule has 180 valence electrons. The van der Waals surface area contributed by atoms with Crippen LogP contribution in [-0.2, 0) is 49.7 Å². The molecule has 9 nitrogen and oxygen atoms in total. The van der Waals surface area contributed by atoms with E-state index in [-0.39, 0.29) is 17.3 Å². The molecule has 0 saturated heterocycles. The molecular formula is C24H30N6O3S. The van der Waals surface area contributed by atoms with Gasteiger partial charge in [0.1, 0.15) is 10.6 Å². The molecule has 1 aromatic carbocycles. The second kappa shape index (κ2) is 8.68. The molecule has 1 N–H and O–H groups in total. The molecule has 0 bridgehead atoms. The number of rotatable bonds is 5. The van der Waals surface area contributed by atoms with E-state index in [9.17, 15) is 13.2 Å². The molecule has 1 amide bonds. The SMILES string of the molecule is Cc1c(S(=O)(=O)N2CCn3nccc3C2)cc(C(=O)NCc2cccc3c2CCN(C)C3)n1C. The highest BCUT2D eigenvalue weighted by atomic mass is 32.2. The van der Waals surface area contributed by atoms with Gasteiger partial charge in [-0.3, -0.25) is 9.48 Å². The van der Waals surface area contributed by atoms with Crippen LogP contribution in [0.5, 0.6) is 0 Å². The first-order chi connectivity index (χ1) is 16.3. The lowest BCUT2D eigenvalue weighted by Gasteiger charge is -2.27. The van der Waals surface area contributed by atoms with Gasteiger partial charge in [-0.1, -0.05) is 18.2 Å². The number of nitrogens with zero attached hydrogens (tertiary/aromatic N) is 5. The summed E-state index contributed by atoms with van der Waals surface area (Å²) in [6.07, 6.45) is 2.64. The number of benzene rings is 1. The Bertz CT molecular complexity index is 1360. The molecule has 0 unspecified atom stereocenters. The third-order valence-corrected chi connectivity index (χ3v) is 9.00. The summed E-state index contributed by atoms with van der Waals surface area (Å²) in [4.78, 5) is 15.6. The summed E-state index contributed by atoms with van der Waals surface area (Å²) in [7, 11) is 0.0950. The maximum absolute atomic E-state index is 13.4. The van der Waals surface area contributed by atoms with Gasteiger partial charge in [-0.25, -0.2) is 8.42 Å². The first kappa shape index (κ1) is 22.8. The van der Waals surface area contributed by atoms with Crippen molar-refractivity contribution in [2.45, 2.75) is 44.4 Å². The highest BCUT2D eigenvalue weighted by Crippen LogP contribution is 2.27. The van der Waals surface area contributed by atoms with Gasteiger partial charge in [-0.2, -0.15) is 9.40 Å². The largest absolute Gasteiger partial charge is 0.347 e. The summed E-state index contributed by atoms with van der Waals surface area (Å²) in [5.41, 5.74) is 5.46. The number of fused-ring (bicyclic) bond motifs is 2. The number of carbonyl (C=O) groups excluding carboxylic acids is 1. The number of carbonyl (C=O) groups is 1. The molecule has 2 aliphatic heterocycles. The second-order valence-corrected chi connectivity index (χ2v) is 11.1. The number of amides is 1. The summed E-state index contributed by atoms with van der Waals surface area (Å²) >= 11 is 0. The van der Waals surface area contributed by atoms with Crippen LogP contribution in [0.15, 0.2) is 41.4 Å².